The van der Waals surface area contributed by atoms with E-state index in [1.807, 2.05) is 0 Å². The third-order valence-electron chi connectivity index (χ3n) is 0.915. The molecule has 4 nitrogen and oxygen atoms in total. The van der Waals surface area contributed by atoms with Gasteiger partial charge in [0, 0.05) is 10.2 Å². The minimum absolute atomic E-state index is 0.137. The molecule has 0 saturated carbocycles. The van der Waals surface area contributed by atoms with Crippen molar-refractivity contribution in [2.75, 3.05) is 11.9 Å². The highest BCUT2D eigenvalue weighted by Crippen LogP contribution is 2.11. The molecule has 9 heavy (non-hydrogen) atoms. The molecule has 0 aliphatic carbocycles. The average molecular weight is 194 g/mol. The molecule has 0 aromatic rings. The van der Waals surface area contributed by atoms with Gasteiger partial charge >= 0.3 is 0 Å². The Balaban J connectivity index is 4.08. The fourth-order valence-corrected chi connectivity index (χ4v) is 0.498. The second-order valence-corrected chi connectivity index (χ2v) is 2.54. The van der Waals surface area contributed by atoms with Crippen LogP contribution < -0.4 is 0 Å². The molecule has 0 bridgehead atoms. The van der Waals surface area contributed by atoms with Gasteiger partial charge < -0.3 is 5.11 Å². The lowest BCUT2D eigenvalue weighted by Crippen LogP contribution is -2.27. The molecule has 0 fully saturated rings. The van der Waals surface area contributed by atoms with Gasteiger partial charge in [-0.15, -0.1) is 0 Å². The van der Waals surface area contributed by atoms with Crippen molar-refractivity contribution < 1.29 is 5.11 Å². The van der Waals surface area contributed by atoms with Crippen LogP contribution in [0.2, 0.25) is 0 Å². The van der Waals surface area contributed by atoms with Gasteiger partial charge in [-0.05, 0) is 5.53 Å². The predicted octanol–water partition coefficient (Wildman–Crippen LogP) is 1.44. The van der Waals surface area contributed by atoms with Crippen molar-refractivity contribution in [2.45, 2.75) is 12.5 Å². The zero-order chi connectivity index (χ0) is 7.33. The molecule has 0 amide bonds. The highest BCUT2D eigenvalue weighted by Gasteiger charge is 2.18. The summed E-state index contributed by atoms with van der Waals surface area (Å²) in [4.78, 5) is 2.58. The molecule has 0 saturated heterocycles. The lowest BCUT2D eigenvalue weighted by atomic mass is 10.1. The van der Waals surface area contributed by atoms with E-state index < -0.39 is 5.54 Å². The summed E-state index contributed by atoms with van der Waals surface area (Å²) in [5.41, 5.74) is 7.30. The van der Waals surface area contributed by atoms with Crippen LogP contribution >= 0.6 is 15.9 Å². The number of aliphatic hydroxyl groups is 1. The molecule has 52 valence electrons. The monoisotopic (exact) mass is 193 g/mol. The summed E-state index contributed by atoms with van der Waals surface area (Å²) in [6.45, 7) is 1.53. The normalized spacial score (nSPS) is 15.9. The zero-order valence-electron chi connectivity index (χ0n) is 5.08. The number of hydrogen-bond donors (Lipinski definition) is 1. The molecular formula is C4H8BrN3O. The summed E-state index contributed by atoms with van der Waals surface area (Å²) in [5.74, 6) is 0. The smallest absolute Gasteiger partial charge is 0.0786 e. The molecule has 0 unspecified atom stereocenters. The second kappa shape index (κ2) is 3.71. The molecular weight excluding hydrogens is 186 g/mol. The zero-order valence-corrected chi connectivity index (χ0v) is 6.67. The number of azide groups is 1. The van der Waals surface area contributed by atoms with Crippen molar-refractivity contribution in [1.29, 1.82) is 0 Å². The summed E-state index contributed by atoms with van der Waals surface area (Å²) >= 11 is 3.11. The van der Waals surface area contributed by atoms with Crippen LogP contribution in [-0.4, -0.2) is 22.6 Å². The van der Waals surface area contributed by atoms with Crippen molar-refractivity contribution in [3.63, 3.8) is 0 Å². The van der Waals surface area contributed by atoms with Crippen molar-refractivity contribution in [1.82, 2.24) is 0 Å². The summed E-state index contributed by atoms with van der Waals surface area (Å²) < 4.78 is 0. The van der Waals surface area contributed by atoms with Gasteiger partial charge in [-0.2, -0.15) is 0 Å². The first kappa shape index (κ1) is 8.75. The summed E-state index contributed by atoms with van der Waals surface area (Å²) in [5, 5.41) is 12.5. The lowest BCUT2D eigenvalue weighted by Gasteiger charge is -2.15. The lowest BCUT2D eigenvalue weighted by molar-refractivity contribution is 0.225. The van der Waals surface area contributed by atoms with Crippen molar-refractivity contribution in [3.05, 3.63) is 10.4 Å². The highest BCUT2D eigenvalue weighted by atomic mass is 79.9. The van der Waals surface area contributed by atoms with Crippen LogP contribution in [0.3, 0.4) is 0 Å². The molecule has 0 aliphatic rings. The van der Waals surface area contributed by atoms with Crippen molar-refractivity contribution in [3.8, 4) is 0 Å². The van der Waals surface area contributed by atoms with E-state index in [1.54, 1.807) is 6.92 Å². The maximum Gasteiger partial charge on any atom is 0.0786 e. The van der Waals surface area contributed by atoms with Crippen LogP contribution in [0.15, 0.2) is 5.11 Å². The minimum Gasteiger partial charge on any atom is -0.396 e. The molecule has 1 atom stereocenters. The largest absolute Gasteiger partial charge is 0.396 e. The Morgan fingerprint density at radius 1 is 1.89 bits per heavy atom. The van der Waals surface area contributed by atoms with Crippen LogP contribution in [0.4, 0.5) is 0 Å². The first-order chi connectivity index (χ1) is 4.18. The fourth-order valence-electron chi connectivity index (χ4n) is 0.209. The summed E-state index contributed by atoms with van der Waals surface area (Å²) in [6, 6.07) is 0. The van der Waals surface area contributed by atoms with E-state index in [9.17, 15) is 0 Å². The van der Waals surface area contributed by atoms with E-state index in [-0.39, 0.29) is 6.61 Å². The van der Waals surface area contributed by atoms with E-state index in [4.69, 9.17) is 10.6 Å². The van der Waals surface area contributed by atoms with E-state index in [0.717, 1.165) is 0 Å². The van der Waals surface area contributed by atoms with Gasteiger partial charge in [0.15, 0.2) is 0 Å². The van der Waals surface area contributed by atoms with E-state index >= 15 is 0 Å². The molecule has 0 heterocycles. The number of halogens is 1. The van der Waals surface area contributed by atoms with Gasteiger partial charge in [0.05, 0.1) is 12.1 Å². The minimum atomic E-state index is -0.686. The van der Waals surface area contributed by atoms with Crippen LogP contribution in [0.5, 0.6) is 0 Å². The number of nitrogens with zero attached hydrogens (tertiary/aromatic N) is 3. The van der Waals surface area contributed by atoms with Crippen LogP contribution in [0, 0.1) is 0 Å². The Morgan fingerprint density at radius 2 is 2.44 bits per heavy atom. The Kier molecular flexibility index (Phi) is 3.61. The average Bonchev–Trinajstić information content (AvgIpc) is 1.89. The maximum atomic E-state index is 8.62. The van der Waals surface area contributed by atoms with E-state index in [0.29, 0.717) is 5.33 Å². The third kappa shape index (κ3) is 2.70. The van der Waals surface area contributed by atoms with Gasteiger partial charge in [-0.3, -0.25) is 0 Å². The Bertz CT molecular complexity index is 128. The maximum absolute atomic E-state index is 8.62. The third-order valence-corrected chi connectivity index (χ3v) is 2.12. The molecule has 0 rings (SSSR count). The number of rotatable bonds is 3. The molecule has 0 spiro atoms. The van der Waals surface area contributed by atoms with Gasteiger partial charge in [0.1, 0.15) is 0 Å². The first-order valence-electron chi connectivity index (χ1n) is 2.41. The van der Waals surface area contributed by atoms with Gasteiger partial charge in [0.25, 0.3) is 0 Å². The van der Waals surface area contributed by atoms with Crippen LogP contribution in [0.25, 0.3) is 10.4 Å². The van der Waals surface area contributed by atoms with Crippen molar-refractivity contribution in [2.24, 2.45) is 5.11 Å². The van der Waals surface area contributed by atoms with Crippen LogP contribution in [-0.2, 0) is 0 Å². The SMILES string of the molecule is C[C@](CO)(CBr)N=[N+]=[N-]. The van der Waals surface area contributed by atoms with E-state index in [2.05, 4.69) is 26.0 Å². The van der Waals surface area contributed by atoms with Crippen molar-refractivity contribution >= 4 is 15.9 Å². The molecule has 5 heteroatoms. The summed E-state index contributed by atoms with van der Waals surface area (Å²) in [6.07, 6.45) is 0. The van der Waals surface area contributed by atoms with Gasteiger partial charge in [0.2, 0.25) is 0 Å². The van der Waals surface area contributed by atoms with E-state index in [1.165, 1.54) is 0 Å². The topological polar surface area (TPSA) is 69.0 Å². The molecule has 1 N–H and O–H groups in total. The predicted molar refractivity (Wildman–Crippen MR) is 38.4 cm³/mol. The second-order valence-electron chi connectivity index (χ2n) is 1.98. The van der Waals surface area contributed by atoms with Crippen LogP contribution in [0.1, 0.15) is 6.92 Å². The molecule has 0 aromatic heterocycles. The molecule has 0 aromatic carbocycles. The van der Waals surface area contributed by atoms with Gasteiger partial charge in [-0.25, -0.2) is 0 Å². The first-order valence-corrected chi connectivity index (χ1v) is 3.54. The quantitative estimate of drug-likeness (QED) is 0.314. The molecule has 0 radical (unpaired) electrons. The Morgan fingerprint density at radius 3 is 2.56 bits per heavy atom. The Labute approximate surface area is 61.6 Å². The standard InChI is InChI=1S/C4H8BrN3O/c1-4(2-5,3-9)7-8-6/h9H,2-3H2,1H3/t4-/m1/s1. The fraction of sp³-hybridized carbons (Fsp3) is 1.00. The Hall–Kier alpha value is -0.250. The highest BCUT2D eigenvalue weighted by molar-refractivity contribution is 9.09. The number of hydrogen-bond acceptors (Lipinski definition) is 2. The number of aliphatic hydroxyl groups excluding tert-OH is 1. The number of alkyl halides is 1. The summed E-state index contributed by atoms with van der Waals surface area (Å²) in [7, 11) is 0. The van der Waals surface area contributed by atoms with Gasteiger partial charge in [-0.1, -0.05) is 28.0 Å². The molecule has 0 aliphatic heterocycles.